The molecule has 1 aliphatic rings. The summed E-state index contributed by atoms with van der Waals surface area (Å²) in [6.45, 7) is 4.78. The second-order valence-corrected chi connectivity index (χ2v) is 6.05. The fourth-order valence-corrected chi connectivity index (χ4v) is 3.19. The number of hydrogen-bond donors (Lipinski definition) is 1. The molecule has 0 radical (unpaired) electrons. The lowest BCUT2D eigenvalue weighted by molar-refractivity contribution is -0.135. The molecule has 0 aromatic carbocycles. The Bertz CT molecular complexity index is 487. The number of amides is 2. The fraction of sp³-hybridized carbons (Fsp3) is 0.533. The molecule has 0 saturated carbocycles. The number of nitrogens with zero attached hydrogens (tertiary/aromatic N) is 2. The first kappa shape index (κ1) is 15.7. The van der Waals surface area contributed by atoms with Crippen LogP contribution >= 0.6 is 11.3 Å². The molecule has 114 valence electrons. The number of unbranched alkanes of at least 4 members (excludes halogenated alkanes) is 1. The van der Waals surface area contributed by atoms with E-state index in [1.165, 1.54) is 6.08 Å². The van der Waals surface area contributed by atoms with Gasteiger partial charge in [-0.3, -0.25) is 9.59 Å². The first-order chi connectivity index (χ1) is 10.2. The highest BCUT2D eigenvalue weighted by Gasteiger charge is 2.32. The molecule has 1 N–H and O–H groups in total. The Balaban J connectivity index is 1.67. The van der Waals surface area contributed by atoms with Crippen LogP contribution in [0.1, 0.15) is 30.7 Å². The van der Waals surface area contributed by atoms with E-state index in [2.05, 4.69) is 16.9 Å². The largest absolute Gasteiger partial charge is 0.354 e. The van der Waals surface area contributed by atoms with Gasteiger partial charge in [-0.1, -0.05) is 6.58 Å². The lowest BCUT2D eigenvalue weighted by Gasteiger charge is -2.22. The van der Waals surface area contributed by atoms with Gasteiger partial charge >= 0.3 is 0 Å². The van der Waals surface area contributed by atoms with E-state index in [0.29, 0.717) is 13.1 Å². The summed E-state index contributed by atoms with van der Waals surface area (Å²) in [7, 11) is 0. The van der Waals surface area contributed by atoms with E-state index in [9.17, 15) is 9.59 Å². The third-order valence-corrected chi connectivity index (χ3v) is 4.45. The Labute approximate surface area is 129 Å². The highest BCUT2D eigenvalue weighted by Crippen LogP contribution is 2.17. The van der Waals surface area contributed by atoms with Crippen LogP contribution in [0, 0.1) is 0 Å². The molecule has 1 fully saturated rings. The normalized spacial score (nSPS) is 17.7. The van der Waals surface area contributed by atoms with E-state index >= 15 is 0 Å². The molecule has 0 bridgehead atoms. The predicted octanol–water partition coefficient (Wildman–Crippen LogP) is 1.76. The molecular formula is C15H21N3O2S. The first-order valence-corrected chi connectivity index (χ1v) is 8.19. The molecule has 1 atom stereocenters. The van der Waals surface area contributed by atoms with Gasteiger partial charge in [0, 0.05) is 24.7 Å². The fourth-order valence-electron chi connectivity index (χ4n) is 2.53. The molecule has 1 unspecified atom stereocenters. The summed E-state index contributed by atoms with van der Waals surface area (Å²) in [5.74, 6) is -0.201. The third kappa shape index (κ3) is 4.39. The summed E-state index contributed by atoms with van der Waals surface area (Å²) in [6, 6.07) is -0.325. The average Bonchev–Trinajstić information content (AvgIpc) is 3.17. The van der Waals surface area contributed by atoms with Crippen molar-refractivity contribution in [2.24, 2.45) is 0 Å². The van der Waals surface area contributed by atoms with Crippen molar-refractivity contribution in [1.82, 2.24) is 15.2 Å². The Kier molecular flexibility index (Phi) is 5.92. The lowest BCUT2D eigenvalue weighted by Crippen LogP contribution is -2.45. The molecule has 1 aliphatic heterocycles. The minimum absolute atomic E-state index is 0.0445. The van der Waals surface area contributed by atoms with Crippen molar-refractivity contribution in [3.63, 3.8) is 0 Å². The van der Waals surface area contributed by atoms with Crippen LogP contribution in [0.15, 0.2) is 24.2 Å². The van der Waals surface area contributed by atoms with Crippen molar-refractivity contribution in [1.29, 1.82) is 0 Å². The highest BCUT2D eigenvalue weighted by molar-refractivity contribution is 7.09. The van der Waals surface area contributed by atoms with Gasteiger partial charge in [-0.15, -0.1) is 11.3 Å². The number of rotatable bonds is 7. The van der Waals surface area contributed by atoms with Crippen LogP contribution in [0.25, 0.3) is 0 Å². The van der Waals surface area contributed by atoms with Gasteiger partial charge in [-0.05, 0) is 38.2 Å². The minimum atomic E-state index is -0.325. The smallest absolute Gasteiger partial charge is 0.246 e. The number of aromatic nitrogens is 1. The van der Waals surface area contributed by atoms with Crippen LogP contribution in [-0.4, -0.2) is 40.8 Å². The van der Waals surface area contributed by atoms with Crippen LogP contribution in [0.4, 0.5) is 0 Å². The number of aryl methyl sites for hydroxylation is 1. The van der Waals surface area contributed by atoms with Gasteiger partial charge in [-0.2, -0.15) is 0 Å². The quantitative estimate of drug-likeness (QED) is 0.617. The number of carbonyl (C=O) groups is 2. The molecule has 2 amide bonds. The van der Waals surface area contributed by atoms with Crippen molar-refractivity contribution < 1.29 is 9.59 Å². The number of nitrogens with one attached hydrogen (secondary N) is 1. The summed E-state index contributed by atoms with van der Waals surface area (Å²) in [4.78, 5) is 29.6. The Morgan fingerprint density at radius 1 is 1.52 bits per heavy atom. The molecule has 2 rings (SSSR count). The number of likely N-dealkylation sites (tertiary alicyclic amines) is 1. The zero-order valence-electron chi connectivity index (χ0n) is 12.1. The molecule has 0 spiro atoms. The lowest BCUT2D eigenvalue weighted by atomic mass is 10.2. The second kappa shape index (κ2) is 7.93. The van der Waals surface area contributed by atoms with Crippen molar-refractivity contribution in [2.45, 2.75) is 38.1 Å². The summed E-state index contributed by atoms with van der Waals surface area (Å²) in [6.07, 6.45) is 7.60. The maximum absolute atomic E-state index is 12.1. The van der Waals surface area contributed by atoms with Gasteiger partial charge in [-0.25, -0.2) is 4.98 Å². The van der Waals surface area contributed by atoms with Gasteiger partial charge in [0.25, 0.3) is 0 Å². The van der Waals surface area contributed by atoms with Crippen LogP contribution in [0.5, 0.6) is 0 Å². The summed E-state index contributed by atoms with van der Waals surface area (Å²) >= 11 is 1.66. The Morgan fingerprint density at radius 3 is 3.10 bits per heavy atom. The maximum atomic E-state index is 12.1. The zero-order valence-corrected chi connectivity index (χ0v) is 12.9. The van der Waals surface area contributed by atoms with Gasteiger partial charge in [0.2, 0.25) is 11.8 Å². The molecule has 6 heteroatoms. The number of hydrogen-bond acceptors (Lipinski definition) is 4. The average molecular weight is 307 g/mol. The molecule has 0 aliphatic carbocycles. The predicted molar refractivity (Wildman–Crippen MR) is 83.0 cm³/mol. The van der Waals surface area contributed by atoms with E-state index in [1.807, 2.05) is 11.6 Å². The van der Waals surface area contributed by atoms with E-state index in [0.717, 1.165) is 37.1 Å². The summed E-state index contributed by atoms with van der Waals surface area (Å²) in [5.41, 5.74) is 0. The van der Waals surface area contributed by atoms with Gasteiger partial charge in [0.1, 0.15) is 6.04 Å². The number of carbonyl (C=O) groups excluding carboxylic acids is 2. The molecule has 5 nitrogen and oxygen atoms in total. The molecular weight excluding hydrogens is 286 g/mol. The standard InChI is InChI=1S/C15H21N3O2S/c1-2-14(19)18-10-5-6-12(18)15(20)17-8-4-3-7-13-16-9-11-21-13/h2,9,11-12H,1,3-8,10H2,(H,17,20). The SMILES string of the molecule is C=CC(=O)N1CCCC1C(=O)NCCCCc1nccs1. The van der Waals surface area contributed by atoms with E-state index in [4.69, 9.17) is 0 Å². The van der Waals surface area contributed by atoms with Crippen LogP contribution < -0.4 is 5.32 Å². The van der Waals surface area contributed by atoms with Crippen molar-refractivity contribution in [3.05, 3.63) is 29.2 Å². The first-order valence-electron chi connectivity index (χ1n) is 7.31. The Morgan fingerprint density at radius 2 is 2.38 bits per heavy atom. The van der Waals surface area contributed by atoms with E-state index < -0.39 is 0 Å². The van der Waals surface area contributed by atoms with Crippen molar-refractivity contribution in [3.8, 4) is 0 Å². The van der Waals surface area contributed by atoms with Gasteiger partial charge < -0.3 is 10.2 Å². The topological polar surface area (TPSA) is 62.3 Å². The van der Waals surface area contributed by atoms with Crippen LogP contribution in [0.2, 0.25) is 0 Å². The molecule has 1 saturated heterocycles. The summed E-state index contributed by atoms with van der Waals surface area (Å²) < 4.78 is 0. The van der Waals surface area contributed by atoms with Crippen molar-refractivity contribution >= 4 is 23.2 Å². The van der Waals surface area contributed by atoms with Crippen LogP contribution in [0.3, 0.4) is 0 Å². The molecule has 1 aromatic rings. The second-order valence-electron chi connectivity index (χ2n) is 5.07. The molecule has 2 heterocycles. The van der Waals surface area contributed by atoms with E-state index in [-0.39, 0.29) is 17.9 Å². The zero-order chi connectivity index (χ0) is 15.1. The molecule has 1 aromatic heterocycles. The van der Waals surface area contributed by atoms with Crippen molar-refractivity contribution in [2.75, 3.05) is 13.1 Å². The highest BCUT2D eigenvalue weighted by atomic mass is 32.1. The van der Waals surface area contributed by atoms with Crippen LogP contribution in [-0.2, 0) is 16.0 Å². The van der Waals surface area contributed by atoms with Gasteiger partial charge in [0.15, 0.2) is 0 Å². The minimum Gasteiger partial charge on any atom is -0.354 e. The Hall–Kier alpha value is -1.69. The third-order valence-electron chi connectivity index (χ3n) is 3.61. The summed E-state index contributed by atoms with van der Waals surface area (Å²) in [5, 5.41) is 6.04. The monoisotopic (exact) mass is 307 g/mol. The van der Waals surface area contributed by atoms with Gasteiger partial charge in [0.05, 0.1) is 5.01 Å². The molecule has 21 heavy (non-hydrogen) atoms. The maximum Gasteiger partial charge on any atom is 0.246 e. The number of thiazole rings is 1. The van der Waals surface area contributed by atoms with E-state index in [1.54, 1.807) is 16.2 Å².